The topological polar surface area (TPSA) is 46.2 Å². The minimum absolute atomic E-state index is 0.0243. The molecule has 0 fully saturated rings. The number of hydrogen-bond acceptors (Lipinski definition) is 2. The number of anilines is 1. The van der Waals surface area contributed by atoms with Gasteiger partial charge < -0.3 is 5.32 Å². The van der Waals surface area contributed by atoms with E-state index in [4.69, 9.17) is 0 Å². The van der Waals surface area contributed by atoms with Crippen LogP contribution >= 0.6 is 0 Å². The summed E-state index contributed by atoms with van der Waals surface area (Å²) < 4.78 is 0. The molecule has 1 N–H and O–H groups in total. The van der Waals surface area contributed by atoms with E-state index in [0.717, 1.165) is 24.9 Å². The molecular formula is C13H16NO2. The Morgan fingerprint density at radius 1 is 1.25 bits per heavy atom. The Labute approximate surface area is 95.9 Å². The molecule has 0 spiro atoms. The molecule has 85 valence electrons. The molecule has 16 heavy (non-hydrogen) atoms. The third kappa shape index (κ3) is 4.26. The van der Waals surface area contributed by atoms with Crippen LogP contribution in [0.2, 0.25) is 0 Å². The number of carbonyl (C=O) groups excluding carboxylic acids is 2. The van der Waals surface area contributed by atoms with Crippen molar-refractivity contribution in [3.05, 3.63) is 29.8 Å². The highest BCUT2D eigenvalue weighted by atomic mass is 16.1. The molecule has 0 saturated carbocycles. The summed E-state index contributed by atoms with van der Waals surface area (Å²) >= 11 is 0. The van der Waals surface area contributed by atoms with E-state index in [2.05, 4.69) is 12.2 Å². The SMILES string of the molecule is CCCCCC(=O)Nc1ccc([C]=O)cc1. The molecule has 1 aromatic carbocycles. The summed E-state index contributed by atoms with van der Waals surface area (Å²) in [6.45, 7) is 2.10. The molecule has 0 aromatic heterocycles. The average Bonchev–Trinajstić information content (AvgIpc) is 2.30. The molecule has 0 bridgehead atoms. The van der Waals surface area contributed by atoms with Gasteiger partial charge in [0.2, 0.25) is 12.2 Å². The Morgan fingerprint density at radius 3 is 2.50 bits per heavy atom. The maximum absolute atomic E-state index is 11.5. The lowest BCUT2D eigenvalue weighted by Gasteiger charge is -2.04. The summed E-state index contributed by atoms with van der Waals surface area (Å²) in [7, 11) is 0. The van der Waals surface area contributed by atoms with Gasteiger partial charge in [0.15, 0.2) is 0 Å². The van der Waals surface area contributed by atoms with Gasteiger partial charge in [-0.05, 0) is 30.7 Å². The zero-order valence-corrected chi connectivity index (χ0v) is 9.45. The summed E-state index contributed by atoms with van der Waals surface area (Å²) in [4.78, 5) is 21.8. The fraction of sp³-hybridized carbons (Fsp3) is 0.385. The van der Waals surface area contributed by atoms with Crippen molar-refractivity contribution in [1.82, 2.24) is 0 Å². The molecule has 0 saturated heterocycles. The Hall–Kier alpha value is -1.64. The monoisotopic (exact) mass is 218 g/mol. The van der Waals surface area contributed by atoms with E-state index < -0.39 is 0 Å². The van der Waals surface area contributed by atoms with Crippen molar-refractivity contribution in [1.29, 1.82) is 0 Å². The second-order valence-electron chi connectivity index (χ2n) is 3.68. The first-order valence-corrected chi connectivity index (χ1v) is 5.54. The molecule has 0 aliphatic carbocycles. The van der Waals surface area contributed by atoms with Gasteiger partial charge in [-0.15, -0.1) is 0 Å². The zero-order valence-electron chi connectivity index (χ0n) is 9.45. The Balaban J connectivity index is 2.40. The second-order valence-corrected chi connectivity index (χ2v) is 3.68. The number of hydrogen-bond donors (Lipinski definition) is 1. The molecule has 0 heterocycles. The maximum atomic E-state index is 11.5. The minimum Gasteiger partial charge on any atom is -0.326 e. The van der Waals surface area contributed by atoms with Crippen molar-refractivity contribution >= 4 is 17.9 Å². The second kappa shape index (κ2) is 6.77. The zero-order chi connectivity index (χ0) is 11.8. The van der Waals surface area contributed by atoms with E-state index in [9.17, 15) is 9.59 Å². The third-order valence-corrected chi connectivity index (χ3v) is 2.29. The fourth-order valence-electron chi connectivity index (χ4n) is 1.38. The van der Waals surface area contributed by atoms with Gasteiger partial charge in [0.1, 0.15) is 0 Å². The first kappa shape index (κ1) is 12.4. The maximum Gasteiger partial charge on any atom is 0.233 e. The van der Waals surface area contributed by atoms with Gasteiger partial charge >= 0.3 is 0 Å². The van der Waals surface area contributed by atoms with Crippen LogP contribution in [0.25, 0.3) is 0 Å². The van der Waals surface area contributed by atoms with Crippen LogP contribution in [0.4, 0.5) is 5.69 Å². The number of rotatable bonds is 6. The van der Waals surface area contributed by atoms with E-state index in [1.54, 1.807) is 30.6 Å². The highest BCUT2D eigenvalue weighted by Crippen LogP contribution is 2.09. The molecule has 1 amide bonds. The number of nitrogens with one attached hydrogen (secondary N) is 1. The Bertz CT molecular complexity index is 343. The van der Waals surface area contributed by atoms with Crippen molar-refractivity contribution in [3.63, 3.8) is 0 Å². The van der Waals surface area contributed by atoms with Crippen molar-refractivity contribution in [2.45, 2.75) is 32.6 Å². The smallest absolute Gasteiger partial charge is 0.233 e. The van der Waals surface area contributed by atoms with Crippen molar-refractivity contribution in [2.24, 2.45) is 0 Å². The standard InChI is InChI=1S/C13H16NO2/c1-2-3-4-5-13(16)14-12-8-6-11(10-15)7-9-12/h6-9H,2-5H2,1H3,(H,14,16). The quantitative estimate of drug-likeness (QED) is 0.746. The van der Waals surface area contributed by atoms with Crippen LogP contribution in [0, 0.1) is 0 Å². The van der Waals surface area contributed by atoms with Gasteiger partial charge in [-0.25, -0.2) is 0 Å². The van der Waals surface area contributed by atoms with Gasteiger partial charge in [0.05, 0.1) is 0 Å². The Kier molecular flexibility index (Phi) is 5.26. The number of unbranched alkanes of at least 4 members (excludes halogenated alkanes) is 2. The number of amides is 1. The molecule has 0 aliphatic heterocycles. The largest absolute Gasteiger partial charge is 0.326 e. The molecule has 0 atom stereocenters. The van der Waals surface area contributed by atoms with E-state index in [1.807, 2.05) is 0 Å². The van der Waals surface area contributed by atoms with Crippen LogP contribution in [0.15, 0.2) is 24.3 Å². The third-order valence-electron chi connectivity index (χ3n) is 2.29. The Morgan fingerprint density at radius 2 is 1.94 bits per heavy atom. The average molecular weight is 218 g/mol. The first-order chi connectivity index (χ1) is 7.76. The lowest BCUT2D eigenvalue weighted by atomic mass is 10.2. The van der Waals surface area contributed by atoms with Gasteiger partial charge in [0, 0.05) is 17.7 Å². The van der Waals surface area contributed by atoms with Crippen LogP contribution in [0.1, 0.15) is 38.2 Å². The normalized spacial score (nSPS) is 9.81. The van der Waals surface area contributed by atoms with Crippen LogP contribution < -0.4 is 5.32 Å². The number of carbonyl (C=O) groups is 1. The number of benzene rings is 1. The molecule has 1 rings (SSSR count). The summed E-state index contributed by atoms with van der Waals surface area (Å²) in [5.41, 5.74) is 1.21. The fourth-order valence-corrected chi connectivity index (χ4v) is 1.38. The van der Waals surface area contributed by atoms with Crippen LogP contribution in [0.5, 0.6) is 0 Å². The van der Waals surface area contributed by atoms with Crippen LogP contribution in [0.3, 0.4) is 0 Å². The van der Waals surface area contributed by atoms with Crippen LogP contribution in [-0.2, 0) is 9.59 Å². The van der Waals surface area contributed by atoms with E-state index in [0.29, 0.717) is 12.0 Å². The van der Waals surface area contributed by atoms with Crippen molar-refractivity contribution in [3.8, 4) is 0 Å². The lowest BCUT2D eigenvalue weighted by molar-refractivity contribution is -0.116. The molecule has 0 unspecified atom stereocenters. The van der Waals surface area contributed by atoms with Crippen molar-refractivity contribution in [2.75, 3.05) is 5.32 Å². The summed E-state index contributed by atoms with van der Waals surface area (Å²) in [5.74, 6) is 0.0243. The summed E-state index contributed by atoms with van der Waals surface area (Å²) in [6, 6.07) is 6.68. The highest BCUT2D eigenvalue weighted by Gasteiger charge is 2.01. The van der Waals surface area contributed by atoms with Crippen LogP contribution in [-0.4, -0.2) is 12.2 Å². The molecule has 3 heteroatoms. The van der Waals surface area contributed by atoms with E-state index >= 15 is 0 Å². The van der Waals surface area contributed by atoms with Gasteiger partial charge in [0.25, 0.3) is 0 Å². The van der Waals surface area contributed by atoms with E-state index in [1.165, 1.54) is 0 Å². The molecule has 0 aliphatic rings. The van der Waals surface area contributed by atoms with E-state index in [-0.39, 0.29) is 5.91 Å². The highest BCUT2D eigenvalue weighted by molar-refractivity contribution is 5.91. The predicted octanol–water partition coefficient (Wildman–Crippen LogP) is 2.66. The van der Waals surface area contributed by atoms with Gasteiger partial charge in [-0.2, -0.15) is 0 Å². The molecule has 1 aromatic rings. The summed E-state index contributed by atoms with van der Waals surface area (Å²) in [5, 5.41) is 2.78. The molecule has 1 radical (unpaired) electrons. The summed E-state index contributed by atoms with van der Waals surface area (Å²) in [6.07, 6.45) is 5.44. The van der Waals surface area contributed by atoms with Crippen molar-refractivity contribution < 1.29 is 9.59 Å². The predicted molar refractivity (Wildman–Crippen MR) is 64.0 cm³/mol. The van der Waals surface area contributed by atoms with Gasteiger partial charge in [-0.3, -0.25) is 9.59 Å². The van der Waals surface area contributed by atoms with Gasteiger partial charge in [-0.1, -0.05) is 19.8 Å². The lowest BCUT2D eigenvalue weighted by Crippen LogP contribution is -2.10. The minimum atomic E-state index is 0.0243. The molecule has 3 nitrogen and oxygen atoms in total. The first-order valence-electron chi connectivity index (χ1n) is 5.54. The molecular weight excluding hydrogens is 202 g/mol.